The number of anilines is 2. The number of amides is 2. The fraction of sp³-hybridized carbons (Fsp3) is 0.167. The molecule has 0 bridgehead atoms. The Hall–Kier alpha value is -3.33. The van der Waals surface area contributed by atoms with Crippen molar-refractivity contribution in [3.8, 4) is 11.8 Å². The van der Waals surface area contributed by atoms with Gasteiger partial charge in [0.05, 0.1) is 17.3 Å². The summed E-state index contributed by atoms with van der Waals surface area (Å²) in [5, 5.41) is 11.5. The normalized spacial score (nSPS) is 12.8. The Bertz CT molecular complexity index is 809. The van der Waals surface area contributed by atoms with E-state index in [0.29, 0.717) is 22.7 Å². The number of benzene rings is 2. The third-order valence-electron chi connectivity index (χ3n) is 3.67. The number of carbonyl (C=O) groups is 2. The minimum absolute atomic E-state index is 0.0196. The first-order valence-corrected chi connectivity index (χ1v) is 7.49. The van der Waals surface area contributed by atoms with Crippen molar-refractivity contribution in [1.29, 1.82) is 5.26 Å². The molecule has 1 N–H and O–H groups in total. The number of rotatable bonds is 4. The maximum atomic E-state index is 12.1. The third-order valence-corrected chi connectivity index (χ3v) is 3.67. The number of nitrogens with one attached hydrogen (secondary N) is 1. The van der Waals surface area contributed by atoms with Gasteiger partial charge in [0.25, 0.3) is 5.91 Å². The molecule has 1 heterocycles. The van der Waals surface area contributed by atoms with Crippen LogP contribution in [0.2, 0.25) is 0 Å². The summed E-state index contributed by atoms with van der Waals surface area (Å²) in [5.74, 6) is 0.279. The predicted molar refractivity (Wildman–Crippen MR) is 88.7 cm³/mol. The van der Waals surface area contributed by atoms with Crippen LogP contribution in [0.4, 0.5) is 11.4 Å². The van der Waals surface area contributed by atoms with Crippen LogP contribution in [-0.4, -0.2) is 25.0 Å². The molecule has 0 saturated carbocycles. The highest BCUT2D eigenvalue weighted by atomic mass is 16.5. The number of ether oxygens (including phenoxy) is 1. The zero-order valence-electron chi connectivity index (χ0n) is 12.9. The molecule has 6 nitrogen and oxygen atoms in total. The van der Waals surface area contributed by atoms with E-state index in [1.807, 2.05) is 18.2 Å². The number of hydrogen-bond donors (Lipinski definition) is 1. The highest BCUT2D eigenvalue weighted by molar-refractivity contribution is 5.99. The van der Waals surface area contributed by atoms with Gasteiger partial charge in [-0.15, -0.1) is 0 Å². The summed E-state index contributed by atoms with van der Waals surface area (Å²) in [5.41, 5.74) is 1.83. The van der Waals surface area contributed by atoms with Crippen molar-refractivity contribution in [3.63, 3.8) is 0 Å². The monoisotopic (exact) mass is 321 g/mol. The lowest BCUT2D eigenvalue weighted by Gasteiger charge is -2.29. The minimum atomic E-state index is -0.198. The van der Waals surface area contributed by atoms with Crippen LogP contribution in [0.25, 0.3) is 0 Å². The Balaban J connectivity index is 1.62. The minimum Gasteiger partial charge on any atom is -0.482 e. The molecule has 0 radical (unpaired) electrons. The molecule has 2 amide bonds. The second-order valence-electron chi connectivity index (χ2n) is 5.29. The van der Waals surface area contributed by atoms with Crippen LogP contribution in [0.3, 0.4) is 0 Å². The summed E-state index contributed by atoms with van der Waals surface area (Å²) in [4.78, 5) is 25.7. The summed E-state index contributed by atoms with van der Waals surface area (Å²) in [6.07, 6.45) is 0.167. The summed E-state index contributed by atoms with van der Waals surface area (Å²) < 4.78 is 5.37. The molecule has 1 aliphatic rings. The van der Waals surface area contributed by atoms with Crippen LogP contribution < -0.4 is 15.0 Å². The van der Waals surface area contributed by atoms with Gasteiger partial charge in [-0.2, -0.15) is 5.26 Å². The summed E-state index contributed by atoms with van der Waals surface area (Å²) >= 11 is 0. The van der Waals surface area contributed by atoms with Crippen LogP contribution in [0.5, 0.6) is 5.75 Å². The fourth-order valence-electron chi connectivity index (χ4n) is 2.46. The van der Waals surface area contributed by atoms with E-state index in [9.17, 15) is 9.59 Å². The first kappa shape index (κ1) is 15.6. The van der Waals surface area contributed by atoms with Crippen molar-refractivity contribution in [2.45, 2.75) is 6.42 Å². The number of carbonyl (C=O) groups excluding carboxylic acids is 2. The lowest BCUT2D eigenvalue weighted by molar-refractivity contribution is -0.121. The Labute approximate surface area is 139 Å². The van der Waals surface area contributed by atoms with Crippen LogP contribution in [0, 0.1) is 11.3 Å². The molecule has 0 atom stereocenters. The van der Waals surface area contributed by atoms with Gasteiger partial charge in [-0.05, 0) is 36.4 Å². The van der Waals surface area contributed by atoms with Crippen molar-refractivity contribution >= 4 is 23.2 Å². The molecular weight excluding hydrogens is 306 g/mol. The molecule has 0 aromatic heterocycles. The summed E-state index contributed by atoms with van der Waals surface area (Å²) in [6.45, 7) is 0.259. The molecule has 0 fully saturated rings. The van der Waals surface area contributed by atoms with Gasteiger partial charge in [0.2, 0.25) is 5.91 Å². The second kappa shape index (κ2) is 6.84. The first-order chi connectivity index (χ1) is 11.7. The molecule has 24 heavy (non-hydrogen) atoms. The van der Waals surface area contributed by atoms with Crippen LogP contribution in [-0.2, 0) is 9.59 Å². The fourth-order valence-corrected chi connectivity index (χ4v) is 2.46. The smallest absolute Gasteiger partial charge is 0.265 e. The van der Waals surface area contributed by atoms with Gasteiger partial charge >= 0.3 is 0 Å². The maximum Gasteiger partial charge on any atom is 0.265 e. The van der Waals surface area contributed by atoms with E-state index in [1.165, 1.54) is 0 Å². The van der Waals surface area contributed by atoms with Crippen LogP contribution in [0.15, 0.2) is 48.5 Å². The van der Waals surface area contributed by atoms with Crippen molar-refractivity contribution in [2.24, 2.45) is 0 Å². The van der Waals surface area contributed by atoms with Crippen LogP contribution >= 0.6 is 0 Å². The maximum absolute atomic E-state index is 12.1. The molecule has 6 heteroatoms. The molecule has 2 aromatic rings. The molecule has 0 spiro atoms. The van der Waals surface area contributed by atoms with Crippen molar-refractivity contribution in [2.75, 3.05) is 23.4 Å². The van der Waals surface area contributed by atoms with Crippen molar-refractivity contribution in [1.82, 2.24) is 0 Å². The van der Waals surface area contributed by atoms with Gasteiger partial charge < -0.3 is 15.0 Å². The number of hydrogen-bond acceptors (Lipinski definition) is 4. The molecular formula is C18H15N3O3. The van der Waals surface area contributed by atoms with E-state index < -0.39 is 0 Å². The van der Waals surface area contributed by atoms with Crippen molar-refractivity contribution < 1.29 is 14.3 Å². The standard InChI is InChI=1S/C18H15N3O3/c19-11-13-5-7-14(8-6-13)20-17(22)9-10-21-15-3-1-2-4-16(15)24-12-18(21)23/h1-8H,9-10,12H2,(H,20,22). The summed E-state index contributed by atoms with van der Waals surface area (Å²) in [7, 11) is 0. The van der Waals surface area contributed by atoms with Gasteiger partial charge in [-0.3, -0.25) is 9.59 Å². The Morgan fingerprint density at radius 1 is 1.21 bits per heavy atom. The zero-order chi connectivity index (χ0) is 16.9. The molecule has 120 valence electrons. The van der Waals surface area contributed by atoms with Gasteiger partial charge in [-0.25, -0.2) is 0 Å². The van der Waals surface area contributed by atoms with E-state index in [-0.39, 0.29) is 31.4 Å². The van der Waals surface area contributed by atoms with Gasteiger partial charge in [0, 0.05) is 18.7 Å². The van der Waals surface area contributed by atoms with Gasteiger partial charge in [0.1, 0.15) is 5.75 Å². The lowest BCUT2D eigenvalue weighted by atomic mass is 10.2. The SMILES string of the molecule is N#Cc1ccc(NC(=O)CCN2C(=O)COc3ccccc32)cc1. The van der Waals surface area contributed by atoms with E-state index in [1.54, 1.807) is 41.3 Å². The van der Waals surface area contributed by atoms with E-state index in [0.717, 1.165) is 0 Å². The Kier molecular flexibility index (Phi) is 4.43. The average molecular weight is 321 g/mol. The van der Waals surface area contributed by atoms with E-state index >= 15 is 0 Å². The van der Waals surface area contributed by atoms with Crippen molar-refractivity contribution in [3.05, 3.63) is 54.1 Å². The van der Waals surface area contributed by atoms with Crippen LogP contribution in [0.1, 0.15) is 12.0 Å². The average Bonchev–Trinajstić information content (AvgIpc) is 2.61. The summed E-state index contributed by atoms with van der Waals surface area (Å²) in [6, 6.07) is 15.9. The Morgan fingerprint density at radius 3 is 2.71 bits per heavy atom. The molecule has 3 rings (SSSR count). The van der Waals surface area contributed by atoms with Gasteiger partial charge in [0.15, 0.2) is 6.61 Å². The number of para-hydroxylation sites is 2. The van der Waals surface area contributed by atoms with E-state index in [4.69, 9.17) is 10.00 Å². The van der Waals surface area contributed by atoms with Gasteiger partial charge in [-0.1, -0.05) is 12.1 Å². The highest BCUT2D eigenvalue weighted by Gasteiger charge is 2.25. The first-order valence-electron chi connectivity index (χ1n) is 7.49. The molecule has 2 aromatic carbocycles. The predicted octanol–water partition coefficient (Wildman–Crippen LogP) is 2.31. The number of nitrogens with zero attached hydrogens (tertiary/aromatic N) is 2. The quantitative estimate of drug-likeness (QED) is 0.937. The topological polar surface area (TPSA) is 82.4 Å². The molecule has 0 unspecified atom stereocenters. The molecule has 1 aliphatic heterocycles. The number of nitriles is 1. The highest BCUT2D eigenvalue weighted by Crippen LogP contribution is 2.31. The third kappa shape index (κ3) is 3.36. The zero-order valence-corrected chi connectivity index (χ0v) is 12.9. The molecule has 0 saturated heterocycles. The second-order valence-corrected chi connectivity index (χ2v) is 5.29. The van der Waals surface area contributed by atoms with E-state index in [2.05, 4.69) is 5.32 Å². The number of fused-ring (bicyclic) bond motifs is 1. The Morgan fingerprint density at radius 2 is 1.96 bits per heavy atom. The largest absolute Gasteiger partial charge is 0.482 e. The molecule has 0 aliphatic carbocycles. The lowest BCUT2D eigenvalue weighted by Crippen LogP contribution is -2.40.